The highest BCUT2D eigenvalue weighted by atomic mass is 16.5. The van der Waals surface area contributed by atoms with Gasteiger partial charge in [0.1, 0.15) is 5.69 Å². The fraction of sp³-hybridized carbons (Fsp3) is 0.500. The Balaban J connectivity index is 3.08. The molecule has 1 N–H and O–H groups in total. The third kappa shape index (κ3) is 2.87. The average molecular weight is 239 g/mol. The van der Waals surface area contributed by atoms with Crippen molar-refractivity contribution in [3.05, 3.63) is 23.5 Å². The van der Waals surface area contributed by atoms with Gasteiger partial charge in [0.25, 0.3) is 0 Å². The van der Waals surface area contributed by atoms with Crippen molar-refractivity contribution in [3.63, 3.8) is 0 Å². The molecule has 0 saturated heterocycles. The number of aliphatic carboxylic acids is 1. The van der Waals surface area contributed by atoms with Crippen LogP contribution in [0.4, 0.5) is 0 Å². The van der Waals surface area contributed by atoms with E-state index in [2.05, 4.69) is 4.74 Å². The summed E-state index contributed by atoms with van der Waals surface area (Å²) in [6.45, 7) is 3.66. The minimum Gasteiger partial charge on any atom is -0.481 e. The summed E-state index contributed by atoms with van der Waals surface area (Å²) in [5.41, 5.74) is 0.708. The van der Waals surface area contributed by atoms with Crippen LogP contribution in [0.1, 0.15) is 36.3 Å². The Morgan fingerprint density at radius 2 is 2.06 bits per heavy atom. The largest absolute Gasteiger partial charge is 0.481 e. The third-order valence-corrected chi connectivity index (χ3v) is 2.77. The molecular formula is C12H17NO4. The number of carboxylic acid groups (broad SMARTS) is 1. The van der Waals surface area contributed by atoms with Crippen LogP contribution in [0.25, 0.3) is 0 Å². The van der Waals surface area contributed by atoms with Crippen LogP contribution in [-0.4, -0.2) is 28.7 Å². The molecule has 0 radical (unpaired) electrons. The summed E-state index contributed by atoms with van der Waals surface area (Å²) >= 11 is 0. The Bertz CT molecular complexity index is 445. The average Bonchev–Trinajstić information content (AvgIpc) is 2.58. The van der Waals surface area contributed by atoms with Gasteiger partial charge < -0.3 is 14.4 Å². The summed E-state index contributed by atoms with van der Waals surface area (Å²) in [6.07, 6.45) is 1.77. The highest BCUT2D eigenvalue weighted by Gasteiger charge is 2.27. The van der Waals surface area contributed by atoms with Gasteiger partial charge in [0, 0.05) is 18.7 Å². The van der Waals surface area contributed by atoms with E-state index in [1.165, 1.54) is 7.11 Å². The smallest absolute Gasteiger partial charge is 0.354 e. The van der Waals surface area contributed by atoms with Crippen molar-refractivity contribution in [2.45, 2.75) is 25.7 Å². The lowest BCUT2D eigenvalue weighted by Gasteiger charge is -2.20. The first kappa shape index (κ1) is 13.3. The molecule has 0 aliphatic carbocycles. The molecule has 0 unspecified atom stereocenters. The Labute approximate surface area is 100 Å². The number of aryl methyl sites for hydroxylation is 1. The van der Waals surface area contributed by atoms with Crippen molar-refractivity contribution >= 4 is 11.9 Å². The minimum absolute atomic E-state index is 0.0115. The lowest BCUT2D eigenvalue weighted by Crippen LogP contribution is -2.21. The zero-order valence-corrected chi connectivity index (χ0v) is 10.5. The molecule has 0 amide bonds. The van der Waals surface area contributed by atoms with E-state index in [1.807, 2.05) is 13.8 Å². The van der Waals surface area contributed by atoms with Crippen molar-refractivity contribution < 1.29 is 19.4 Å². The SMILES string of the molecule is COC(=O)c1cc(C(C)(C)CC(=O)O)cn1C. The van der Waals surface area contributed by atoms with E-state index >= 15 is 0 Å². The zero-order chi connectivity index (χ0) is 13.2. The molecule has 5 heteroatoms. The number of methoxy groups -OCH3 is 1. The monoisotopic (exact) mass is 239 g/mol. The van der Waals surface area contributed by atoms with Gasteiger partial charge in [0.05, 0.1) is 13.5 Å². The maximum Gasteiger partial charge on any atom is 0.354 e. The number of nitrogens with zero attached hydrogens (tertiary/aromatic N) is 1. The van der Waals surface area contributed by atoms with Crippen molar-refractivity contribution in [2.24, 2.45) is 7.05 Å². The fourth-order valence-corrected chi connectivity index (χ4v) is 1.72. The van der Waals surface area contributed by atoms with Gasteiger partial charge in [-0.05, 0) is 11.6 Å². The summed E-state index contributed by atoms with van der Waals surface area (Å²) in [5, 5.41) is 8.84. The molecule has 1 aromatic heterocycles. The molecule has 0 aliphatic rings. The standard InChI is InChI=1S/C12H17NO4/c1-12(2,6-10(14)15)8-5-9(11(16)17-4)13(3)7-8/h5,7H,6H2,1-4H3,(H,14,15). The number of hydrogen-bond donors (Lipinski definition) is 1. The molecule has 17 heavy (non-hydrogen) atoms. The predicted molar refractivity (Wildman–Crippen MR) is 62.0 cm³/mol. The number of ether oxygens (including phenoxy) is 1. The second kappa shape index (κ2) is 4.61. The van der Waals surface area contributed by atoms with Crippen molar-refractivity contribution in [1.29, 1.82) is 0 Å². The molecule has 0 bridgehead atoms. The second-order valence-corrected chi connectivity index (χ2v) is 4.67. The summed E-state index contributed by atoms with van der Waals surface area (Å²) in [5.74, 6) is -1.29. The molecule has 1 aromatic rings. The highest BCUT2D eigenvalue weighted by Crippen LogP contribution is 2.28. The summed E-state index contributed by atoms with van der Waals surface area (Å²) in [6, 6.07) is 1.68. The molecular weight excluding hydrogens is 222 g/mol. The van der Waals surface area contributed by atoms with Crippen molar-refractivity contribution in [2.75, 3.05) is 7.11 Å². The first-order valence-corrected chi connectivity index (χ1v) is 5.25. The maximum absolute atomic E-state index is 11.4. The Hall–Kier alpha value is -1.78. The normalized spacial score (nSPS) is 11.3. The molecule has 0 aliphatic heterocycles. The quantitative estimate of drug-likeness (QED) is 0.810. The van der Waals surface area contributed by atoms with Crippen LogP contribution in [-0.2, 0) is 22.0 Å². The zero-order valence-electron chi connectivity index (χ0n) is 10.5. The minimum atomic E-state index is -0.863. The van der Waals surface area contributed by atoms with Gasteiger partial charge in [-0.3, -0.25) is 4.79 Å². The number of hydrogen-bond acceptors (Lipinski definition) is 3. The lowest BCUT2D eigenvalue weighted by molar-refractivity contribution is -0.138. The number of aromatic nitrogens is 1. The fourth-order valence-electron chi connectivity index (χ4n) is 1.72. The molecule has 1 rings (SSSR count). The number of carbonyl (C=O) groups is 2. The summed E-state index contributed by atoms with van der Waals surface area (Å²) in [7, 11) is 3.05. The Kier molecular flexibility index (Phi) is 3.60. The van der Waals surface area contributed by atoms with Crippen LogP contribution in [0, 0.1) is 0 Å². The van der Waals surface area contributed by atoms with E-state index in [9.17, 15) is 9.59 Å². The lowest BCUT2D eigenvalue weighted by atomic mass is 9.83. The number of carboxylic acids is 1. The molecule has 5 nitrogen and oxygen atoms in total. The first-order chi connectivity index (χ1) is 7.77. The molecule has 0 fully saturated rings. The van der Waals surface area contributed by atoms with Gasteiger partial charge in [-0.2, -0.15) is 0 Å². The molecule has 0 aromatic carbocycles. The summed E-state index contributed by atoms with van der Waals surface area (Å²) in [4.78, 5) is 22.2. The summed E-state index contributed by atoms with van der Waals surface area (Å²) < 4.78 is 6.29. The van der Waals surface area contributed by atoms with Crippen LogP contribution >= 0.6 is 0 Å². The number of esters is 1. The van der Waals surface area contributed by atoms with E-state index in [1.54, 1.807) is 23.9 Å². The third-order valence-electron chi connectivity index (χ3n) is 2.77. The van der Waals surface area contributed by atoms with E-state index in [-0.39, 0.29) is 6.42 Å². The van der Waals surface area contributed by atoms with Gasteiger partial charge in [0.15, 0.2) is 0 Å². The number of rotatable bonds is 4. The molecule has 1 heterocycles. The number of carbonyl (C=O) groups excluding carboxylic acids is 1. The van der Waals surface area contributed by atoms with Crippen LogP contribution in [0.5, 0.6) is 0 Å². The van der Waals surface area contributed by atoms with Crippen molar-refractivity contribution in [1.82, 2.24) is 4.57 Å². The van der Waals surface area contributed by atoms with Gasteiger partial charge in [-0.25, -0.2) is 4.79 Å². The molecule has 94 valence electrons. The second-order valence-electron chi connectivity index (χ2n) is 4.67. The van der Waals surface area contributed by atoms with Gasteiger partial charge in [-0.15, -0.1) is 0 Å². The highest BCUT2D eigenvalue weighted by molar-refractivity contribution is 5.88. The molecule has 0 atom stereocenters. The molecule has 0 saturated carbocycles. The van der Waals surface area contributed by atoms with Crippen LogP contribution in [0.3, 0.4) is 0 Å². The van der Waals surface area contributed by atoms with E-state index < -0.39 is 17.4 Å². The first-order valence-electron chi connectivity index (χ1n) is 5.25. The van der Waals surface area contributed by atoms with Crippen LogP contribution < -0.4 is 0 Å². The predicted octanol–water partition coefficient (Wildman–Crippen LogP) is 1.56. The van der Waals surface area contributed by atoms with Gasteiger partial charge in [0.2, 0.25) is 0 Å². The van der Waals surface area contributed by atoms with Crippen LogP contribution in [0.2, 0.25) is 0 Å². The van der Waals surface area contributed by atoms with Gasteiger partial charge >= 0.3 is 11.9 Å². The topological polar surface area (TPSA) is 68.5 Å². The van der Waals surface area contributed by atoms with E-state index in [0.717, 1.165) is 5.56 Å². The van der Waals surface area contributed by atoms with E-state index in [4.69, 9.17) is 5.11 Å². The van der Waals surface area contributed by atoms with Crippen LogP contribution in [0.15, 0.2) is 12.3 Å². The van der Waals surface area contributed by atoms with E-state index in [0.29, 0.717) is 5.69 Å². The Morgan fingerprint density at radius 3 is 2.53 bits per heavy atom. The van der Waals surface area contributed by atoms with Gasteiger partial charge in [-0.1, -0.05) is 13.8 Å². The molecule has 0 spiro atoms. The Morgan fingerprint density at radius 1 is 1.47 bits per heavy atom. The maximum atomic E-state index is 11.4. The van der Waals surface area contributed by atoms with Crippen molar-refractivity contribution in [3.8, 4) is 0 Å².